The summed E-state index contributed by atoms with van der Waals surface area (Å²) in [6.07, 6.45) is 7.41. The van der Waals surface area contributed by atoms with E-state index in [0.29, 0.717) is 5.71 Å². The van der Waals surface area contributed by atoms with Crippen molar-refractivity contribution in [2.75, 3.05) is 4.57 Å². The largest absolute Gasteiger partial charge is 0.455 e. The first-order valence-corrected chi connectivity index (χ1v) is 17.1. The van der Waals surface area contributed by atoms with Gasteiger partial charge in [-0.1, -0.05) is 63.5 Å². The van der Waals surface area contributed by atoms with Crippen molar-refractivity contribution in [2.45, 2.75) is 84.7 Å². The number of oxime groups is 1. The zero-order valence-electron chi connectivity index (χ0n) is 18.2. The van der Waals surface area contributed by atoms with Crippen LogP contribution in [0.5, 0.6) is 0 Å². The summed E-state index contributed by atoms with van der Waals surface area (Å²) in [7, 11) is -3.69. The Kier molecular flexibility index (Phi) is 7.08. The van der Waals surface area contributed by atoms with Gasteiger partial charge in [0.1, 0.15) is 0 Å². The molecule has 0 saturated carbocycles. The molecule has 0 N–H and O–H groups in total. The lowest BCUT2D eigenvalue weighted by Gasteiger charge is -2.30. The first kappa shape index (κ1) is 21.9. The van der Waals surface area contributed by atoms with Crippen LogP contribution < -0.4 is 4.57 Å². The predicted molar refractivity (Wildman–Crippen MR) is 121 cm³/mol. The Morgan fingerprint density at radius 3 is 2.26 bits per heavy atom. The van der Waals surface area contributed by atoms with Crippen molar-refractivity contribution >= 4 is 33.9 Å². The second-order valence-corrected chi connectivity index (χ2v) is 18.7. The van der Waals surface area contributed by atoms with Gasteiger partial charge in [-0.25, -0.2) is 0 Å². The van der Waals surface area contributed by atoms with Gasteiger partial charge < -0.3 is 9.09 Å². The third-order valence-corrected chi connectivity index (χ3v) is 7.04. The van der Waals surface area contributed by atoms with E-state index in [4.69, 9.17) is 4.53 Å². The Balaban J connectivity index is 2.29. The van der Waals surface area contributed by atoms with E-state index in [2.05, 4.69) is 69.6 Å². The molecule has 0 saturated heterocycles. The summed E-state index contributed by atoms with van der Waals surface area (Å²) in [6.45, 7) is 15.1. The molecule has 1 amide bonds. The number of nitrogens with zero attached hydrogens (tertiary/aromatic N) is 2. The van der Waals surface area contributed by atoms with E-state index < -0.39 is 16.6 Å². The highest BCUT2D eigenvalue weighted by molar-refractivity contribution is 6.87. The van der Waals surface area contributed by atoms with Gasteiger partial charge in [-0.15, -0.1) is 0 Å². The minimum absolute atomic E-state index is 0.00233. The molecular formula is C21H36N2O2Si2. The number of anilines is 1. The SMILES string of the molecule is CCCCCCCc1ccc2c(c1)/C(=N/O[Si](C)(C)C)C(=O)N2[Si](C)(C)C. The van der Waals surface area contributed by atoms with Crippen LogP contribution in [0.25, 0.3) is 0 Å². The fourth-order valence-corrected chi connectivity index (χ4v) is 5.32. The Hall–Kier alpha value is -1.41. The second kappa shape index (κ2) is 8.73. The van der Waals surface area contributed by atoms with Crippen molar-refractivity contribution in [3.63, 3.8) is 0 Å². The molecule has 0 spiro atoms. The van der Waals surface area contributed by atoms with Gasteiger partial charge in [0.15, 0.2) is 13.9 Å². The van der Waals surface area contributed by atoms with Gasteiger partial charge in [0.2, 0.25) is 0 Å². The van der Waals surface area contributed by atoms with Gasteiger partial charge in [0, 0.05) is 11.3 Å². The molecule has 1 aromatic carbocycles. The van der Waals surface area contributed by atoms with Crippen LogP contribution in [-0.4, -0.2) is 28.2 Å². The van der Waals surface area contributed by atoms with E-state index in [1.807, 2.05) is 4.57 Å². The number of aryl methyl sites for hydroxylation is 1. The molecule has 0 aliphatic carbocycles. The lowest BCUT2D eigenvalue weighted by atomic mass is 10.0. The molecule has 2 rings (SSSR count). The third-order valence-electron chi connectivity index (χ3n) is 4.61. The second-order valence-electron chi connectivity index (χ2n) is 9.47. The highest BCUT2D eigenvalue weighted by Crippen LogP contribution is 2.35. The van der Waals surface area contributed by atoms with Crippen LogP contribution in [0, 0.1) is 0 Å². The quantitative estimate of drug-likeness (QED) is 0.290. The van der Waals surface area contributed by atoms with Crippen LogP contribution in [-0.2, 0) is 15.7 Å². The highest BCUT2D eigenvalue weighted by Gasteiger charge is 2.41. The van der Waals surface area contributed by atoms with Crippen molar-refractivity contribution in [3.05, 3.63) is 29.3 Å². The van der Waals surface area contributed by atoms with Crippen LogP contribution in [0.4, 0.5) is 5.69 Å². The van der Waals surface area contributed by atoms with Gasteiger partial charge in [-0.05, 0) is 50.2 Å². The number of benzene rings is 1. The molecule has 0 aromatic heterocycles. The fourth-order valence-electron chi connectivity index (χ4n) is 3.32. The van der Waals surface area contributed by atoms with Crippen molar-refractivity contribution in [1.29, 1.82) is 0 Å². The summed E-state index contributed by atoms with van der Waals surface area (Å²) < 4.78 is 7.75. The van der Waals surface area contributed by atoms with E-state index in [1.54, 1.807) is 0 Å². The van der Waals surface area contributed by atoms with Crippen LogP contribution in [0.1, 0.15) is 50.2 Å². The Bertz CT molecular complexity index is 703. The van der Waals surface area contributed by atoms with Crippen LogP contribution in [0.3, 0.4) is 0 Å². The monoisotopic (exact) mass is 404 g/mol. The molecule has 27 heavy (non-hydrogen) atoms. The fraction of sp³-hybridized carbons (Fsp3) is 0.619. The molecule has 1 heterocycles. The lowest BCUT2D eigenvalue weighted by Crippen LogP contribution is -2.49. The first-order valence-electron chi connectivity index (χ1n) is 10.3. The maximum absolute atomic E-state index is 13.1. The van der Waals surface area contributed by atoms with Crippen molar-refractivity contribution in [2.24, 2.45) is 5.16 Å². The number of rotatable bonds is 9. The summed E-state index contributed by atoms with van der Waals surface area (Å²) in [4.78, 5) is 13.1. The number of unbranched alkanes of at least 4 members (excludes halogenated alkanes) is 4. The number of amides is 1. The van der Waals surface area contributed by atoms with Gasteiger partial charge in [-0.3, -0.25) is 4.79 Å². The van der Waals surface area contributed by atoms with E-state index in [-0.39, 0.29) is 5.91 Å². The minimum atomic E-state index is -1.85. The molecule has 150 valence electrons. The van der Waals surface area contributed by atoms with Crippen molar-refractivity contribution < 1.29 is 9.32 Å². The summed E-state index contributed by atoms with van der Waals surface area (Å²) in [6, 6.07) is 6.46. The first-order chi connectivity index (χ1) is 12.5. The van der Waals surface area contributed by atoms with Gasteiger partial charge in [0.25, 0.3) is 14.2 Å². The Morgan fingerprint density at radius 1 is 1.00 bits per heavy atom. The molecular weight excluding hydrogens is 368 g/mol. The van der Waals surface area contributed by atoms with Gasteiger partial charge >= 0.3 is 0 Å². The molecule has 6 heteroatoms. The molecule has 0 unspecified atom stereocenters. The number of hydrogen-bond acceptors (Lipinski definition) is 3. The molecule has 0 fully saturated rings. The normalized spacial score (nSPS) is 16.2. The minimum Gasteiger partial charge on any atom is -0.455 e. The zero-order chi connectivity index (χ0) is 20.2. The number of carbonyl (C=O) groups is 1. The molecule has 1 aromatic rings. The Morgan fingerprint density at radius 2 is 1.67 bits per heavy atom. The predicted octanol–water partition coefficient (Wildman–Crippen LogP) is 5.94. The van der Waals surface area contributed by atoms with Crippen molar-refractivity contribution in [1.82, 2.24) is 0 Å². The van der Waals surface area contributed by atoms with E-state index in [1.165, 1.54) is 37.7 Å². The summed E-state index contributed by atoms with van der Waals surface area (Å²) in [5.74, 6) is 0.00233. The standard InChI is InChI=1S/C21H36N2O2Si2/c1-8-9-10-11-12-13-17-14-15-19-18(16-17)20(22-25-27(5,6)7)21(24)23(19)26(2,3)4/h14-16H,8-13H2,1-7H3/b22-20-. The zero-order valence-corrected chi connectivity index (χ0v) is 20.2. The number of carbonyl (C=O) groups excluding carboxylic acids is 1. The number of hydrogen-bond donors (Lipinski definition) is 0. The molecule has 1 aliphatic rings. The molecule has 1 aliphatic heterocycles. The molecule has 0 atom stereocenters. The summed E-state index contributed by atoms with van der Waals surface area (Å²) in [5.41, 5.74) is 3.73. The maximum atomic E-state index is 13.1. The topological polar surface area (TPSA) is 41.9 Å². The number of fused-ring (bicyclic) bond motifs is 1. The highest BCUT2D eigenvalue weighted by atomic mass is 28.4. The van der Waals surface area contributed by atoms with Crippen molar-refractivity contribution in [3.8, 4) is 0 Å². The van der Waals surface area contributed by atoms with E-state index in [9.17, 15) is 4.79 Å². The summed E-state index contributed by atoms with van der Waals surface area (Å²) in [5, 5.41) is 4.35. The smallest absolute Gasteiger partial charge is 0.278 e. The van der Waals surface area contributed by atoms with Crippen LogP contribution in [0.15, 0.2) is 23.4 Å². The molecule has 4 nitrogen and oxygen atoms in total. The average Bonchev–Trinajstić information content (AvgIpc) is 2.83. The van der Waals surface area contributed by atoms with Crippen LogP contribution >= 0.6 is 0 Å². The maximum Gasteiger partial charge on any atom is 0.278 e. The molecule has 0 radical (unpaired) electrons. The average molecular weight is 405 g/mol. The third kappa shape index (κ3) is 5.78. The van der Waals surface area contributed by atoms with E-state index in [0.717, 1.165) is 17.7 Å². The van der Waals surface area contributed by atoms with Gasteiger partial charge in [-0.2, -0.15) is 0 Å². The molecule has 0 bridgehead atoms. The van der Waals surface area contributed by atoms with E-state index >= 15 is 0 Å². The Labute approximate surface area is 167 Å². The van der Waals surface area contributed by atoms with Gasteiger partial charge in [0.05, 0.1) is 0 Å². The lowest BCUT2D eigenvalue weighted by molar-refractivity contribution is -0.111. The summed E-state index contributed by atoms with van der Waals surface area (Å²) >= 11 is 0. The van der Waals surface area contributed by atoms with Crippen LogP contribution in [0.2, 0.25) is 39.3 Å².